The van der Waals surface area contributed by atoms with Crippen LogP contribution < -0.4 is 4.74 Å². The van der Waals surface area contributed by atoms with Gasteiger partial charge in [-0.05, 0) is 54.5 Å². The zero-order valence-corrected chi connectivity index (χ0v) is 17.1. The number of hydrogen-bond acceptors (Lipinski definition) is 3. The highest BCUT2D eigenvalue weighted by atomic mass is 32.1. The molecule has 1 aromatic heterocycles. The first-order valence-corrected chi connectivity index (χ1v) is 9.96. The molecule has 0 aliphatic rings. The number of hydrogen-bond donors (Lipinski definition) is 0. The molecule has 3 aromatic rings. The van der Waals surface area contributed by atoms with E-state index in [0.29, 0.717) is 0 Å². The third kappa shape index (κ3) is 4.34. The number of benzene rings is 2. The lowest BCUT2D eigenvalue weighted by Crippen LogP contribution is -2.11. The highest BCUT2D eigenvalue weighted by Crippen LogP contribution is 2.38. The minimum absolute atomic E-state index is 0.283. The van der Waals surface area contributed by atoms with Crippen LogP contribution in [0.4, 0.5) is 0 Å². The van der Waals surface area contributed by atoms with Crippen molar-refractivity contribution in [2.24, 2.45) is 5.41 Å². The van der Waals surface area contributed by atoms with Gasteiger partial charge < -0.3 is 4.74 Å². The van der Waals surface area contributed by atoms with E-state index >= 15 is 0 Å². The van der Waals surface area contributed by atoms with Crippen molar-refractivity contribution in [1.29, 1.82) is 0 Å². The molecule has 2 aromatic carbocycles. The van der Waals surface area contributed by atoms with Crippen LogP contribution in [0.1, 0.15) is 38.3 Å². The van der Waals surface area contributed by atoms with Crippen LogP contribution >= 0.6 is 11.3 Å². The average molecular weight is 366 g/mol. The van der Waals surface area contributed by atoms with Crippen LogP contribution in [0.5, 0.6) is 5.75 Å². The van der Waals surface area contributed by atoms with Crippen molar-refractivity contribution in [2.75, 3.05) is 6.61 Å². The maximum atomic E-state index is 6.00. The Morgan fingerprint density at radius 1 is 1.00 bits per heavy atom. The van der Waals surface area contributed by atoms with Crippen molar-refractivity contribution < 1.29 is 4.74 Å². The van der Waals surface area contributed by atoms with Gasteiger partial charge in [-0.2, -0.15) is 0 Å². The molecular weight excluding hydrogens is 338 g/mol. The maximum Gasteiger partial charge on any atom is 0.119 e. The van der Waals surface area contributed by atoms with E-state index in [2.05, 4.69) is 76.0 Å². The summed E-state index contributed by atoms with van der Waals surface area (Å²) in [4.78, 5) is 5.88. The summed E-state index contributed by atoms with van der Waals surface area (Å²) in [5, 5.41) is 0. The van der Waals surface area contributed by atoms with Crippen molar-refractivity contribution in [3.05, 3.63) is 59.1 Å². The van der Waals surface area contributed by atoms with Crippen molar-refractivity contribution in [2.45, 2.75) is 41.0 Å². The first-order chi connectivity index (χ1) is 12.3. The van der Waals surface area contributed by atoms with Crippen molar-refractivity contribution in [1.82, 2.24) is 4.98 Å². The summed E-state index contributed by atoms with van der Waals surface area (Å²) in [6.45, 7) is 11.7. The van der Waals surface area contributed by atoms with Crippen LogP contribution in [0.25, 0.3) is 21.7 Å². The maximum absolute atomic E-state index is 6.00. The Balaban J connectivity index is 1.90. The van der Waals surface area contributed by atoms with Gasteiger partial charge in [0.05, 0.1) is 22.7 Å². The SMILES string of the molecule is Cc1cccc(C)c1-c1ncsc1-c1cccc(OCCC(C)(C)C)c1. The average Bonchev–Trinajstić information content (AvgIpc) is 3.03. The van der Waals surface area contributed by atoms with Crippen LogP contribution in [0.3, 0.4) is 0 Å². The molecule has 2 nitrogen and oxygen atoms in total. The van der Waals surface area contributed by atoms with E-state index in [1.165, 1.54) is 27.1 Å². The second kappa shape index (κ2) is 7.63. The number of aryl methyl sites for hydroxylation is 2. The summed E-state index contributed by atoms with van der Waals surface area (Å²) >= 11 is 1.69. The monoisotopic (exact) mass is 365 g/mol. The summed E-state index contributed by atoms with van der Waals surface area (Å²) in [6, 6.07) is 14.8. The number of ether oxygens (including phenoxy) is 1. The van der Waals surface area contributed by atoms with E-state index in [-0.39, 0.29) is 5.41 Å². The molecule has 0 aliphatic heterocycles. The Labute approximate surface area is 160 Å². The molecule has 0 spiro atoms. The molecule has 0 radical (unpaired) electrons. The first kappa shape index (κ1) is 18.7. The molecule has 1 heterocycles. The molecule has 26 heavy (non-hydrogen) atoms. The molecule has 3 rings (SSSR count). The molecule has 0 saturated carbocycles. The largest absolute Gasteiger partial charge is 0.494 e. The molecule has 0 amide bonds. The summed E-state index contributed by atoms with van der Waals surface area (Å²) in [7, 11) is 0. The number of nitrogens with zero attached hydrogens (tertiary/aromatic N) is 1. The molecular formula is C23H27NOS. The Morgan fingerprint density at radius 2 is 1.69 bits per heavy atom. The van der Waals surface area contributed by atoms with Gasteiger partial charge in [0.15, 0.2) is 0 Å². The molecule has 0 unspecified atom stereocenters. The Kier molecular flexibility index (Phi) is 5.47. The number of aromatic nitrogens is 1. The summed E-state index contributed by atoms with van der Waals surface area (Å²) < 4.78 is 6.00. The standard InChI is InChI=1S/C23H27NOS/c1-16-8-6-9-17(2)20(16)21-22(26-15-24-21)18-10-7-11-19(14-18)25-13-12-23(3,4)5/h6-11,14-15H,12-13H2,1-5H3. The topological polar surface area (TPSA) is 22.1 Å². The van der Waals surface area contributed by atoms with Gasteiger partial charge in [0, 0.05) is 5.56 Å². The lowest BCUT2D eigenvalue weighted by molar-refractivity contribution is 0.243. The molecule has 0 aliphatic carbocycles. The van der Waals surface area contributed by atoms with Gasteiger partial charge in [-0.25, -0.2) is 4.98 Å². The fraction of sp³-hybridized carbons (Fsp3) is 0.348. The Morgan fingerprint density at radius 3 is 2.38 bits per heavy atom. The fourth-order valence-corrected chi connectivity index (χ4v) is 3.81. The summed E-state index contributed by atoms with van der Waals surface area (Å²) in [5.41, 5.74) is 8.21. The van der Waals surface area contributed by atoms with E-state index in [0.717, 1.165) is 24.5 Å². The van der Waals surface area contributed by atoms with E-state index in [1.807, 2.05) is 11.6 Å². The lowest BCUT2D eigenvalue weighted by Gasteiger charge is -2.18. The van der Waals surface area contributed by atoms with Gasteiger partial charge in [0.25, 0.3) is 0 Å². The molecule has 0 fully saturated rings. The molecule has 0 saturated heterocycles. The van der Waals surface area contributed by atoms with E-state index in [1.54, 1.807) is 11.3 Å². The summed E-state index contributed by atoms with van der Waals surface area (Å²) in [5.74, 6) is 0.924. The van der Waals surface area contributed by atoms with Gasteiger partial charge in [-0.3, -0.25) is 0 Å². The quantitative estimate of drug-likeness (QED) is 0.490. The zero-order chi connectivity index (χ0) is 18.7. The molecule has 0 bridgehead atoms. The van der Waals surface area contributed by atoms with Crippen molar-refractivity contribution in [3.63, 3.8) is 0 Å². The highest BCUT2D eigenvalue weighted by molar-refractivity contribution is 7.13. The third-order valence-electron chi connectivity index (χ3n) is 4.50. The van der Waals surface area contributed by atoms with Gasteiger partial charge in [-0.1, -0.05) is 51.1 Å². The second-order valence-electron chi connectivity index (χ2n) is 7.98. The highest BCUT2D eigenvalue weighted by Gasteiger charge is 2.15. The van der Waals surface area contributed by atoms with Gasteiger partial charge in [0.2, 0.25) is 0 Å². The molecule has 136 valence electrons. The third-order valence-corrected chi connectivity index (χ3v) is 5.38. The predicted molar refractivity (Wildman–Crippen MR) is 112 cm³/mol. The molecule has 0 N–H and O–H groups in total. The van der Waals surface area contributed by atoms with E-state index < -0.39 is 0 Å². The summed E-state index contributed by atoms with van der Waals surface area (Å²) in [6.07, 6.45) is 1.03. The fourth-order valence-electron chi connectivity index (χ4n) is 3.02. The van der Waals surface area contributed by atoms with Gasteiger partial charge in [0.1, 0.15) is 5.75 Å². The zero-order valence-electron chi connectivity index (χ0n) is 16.3. The predicted octanol–water partition coefficient (Wildman–Crippen LogP) is 6.91. The van der Waals surface area contributed by atoms with Crippen LogP contribution in [-0.4, -0.2) is 11.6 Å². The smallest absolute Gasteiger partial charge is 0.119 e. The normalized spacial score (nSPS) is 11.6. The van der Waals surface area contributed by atoms with Crippen molar-refractivity contribution >= 4 is 11.3 Å². The number of thiazole rings is 1. The molecule has 3 heteroatoms. The van der Waals surface area contributed by atoms with Gasteiger partial charge in [-0.15, -0.1) is 11.3 Å². The second-order valence-corrected chi connectivity index (χ2v) is 8.84. The lowest BCUT2D eigenvalue weighted by atomic mass is 9.93. The van der Waals surface area contributed by atoms with Crippen LogP contribution in [-0.2, 0) is 0 Å². The minimum atomic E-state index is 0.283. The van der Waals surface area contributed by atoms with Crippen LogP contribution in [0.15, 0.2) is 48.0 Å². The van der Waals surface area contributed by atoms with Crippen LogP contribution in [0, 0.1) is 19.3 Å². The van der Waals surface area contributed by atoms with E-state index in [4.69, 9.17) is 4.74 Å². The minimum Gasteiger partial charge on any atom is -0.494 e. The first-order valence-electron chi connectivity index (χ1n) is 9.08. The van der Waals surface area contributed by atoms with Gasteiger partial charge >= 0.3 is 0 Å². The Hall–Kier alpha value is -2.13. The number of rotatable bonds is 5. The van der Waals surface area contributed by atoms with Crippen LogP contribution in [0.2, 0.25) is 0 Å². The Bertz CT molecular complexity index is 869. The van der Waals surface area contributed by atoms with E-state index in [9.17, 15) is 0 Å². The van der Waals surface area contributed by atoms with Crippen molar-refractivity contribution in [3.8, 4) is 27.4 Å². The molecule has 0 atom stereocenters.